The lowest BCUT2D eigenvalue weighted by Crippen LogP contribution is -2.41. The van der Waals surface area contributed by atoms with E-state index < -0.39 is 31.5 Å². The van der Waals surface area contributed by atoms with Crippen LogP contribution in [0.1, 0.15) is 0 Å². The number of nitrogens with one attached hydrogen (secondary N) is 1. The Kier molecular flexibility index (Phi) is 6.40. The van der Waals surface area contributed by atoms with E-state index in [0.29, 0.717) is 0 Å². The monoisotopic (exact) mass is 270 g/mol. The number of aliphatic hydroxyl groups excluding tert-OH is 5. The smallest absolute Gasteiger partial charge is 0.110 e. The van der Waals surface area contributed by atoms with Crippen molar-refractivity contribution in [2.75, 3.05) is 13.2 Å². The summed E-state index contributed by atoms with van der Waals surface area (Å²) in [6.45, 7) is -1.28. The molecule has 0 aliphatic rings. The summed E-state index contributed by atoms with van der Waals surface area (Å²) in [5.41, 5.74) is 2.12. The zero-order valence-electron chi connectivity index (χ0n) is 10.2. The summed E-state index contributed by atoms with van der Waals surface area (Å²) in [4.78, 5) is 7.07. The molecule has 0 aliphatic carbocycles. The van der Waals surface area contributed by atoms with E-state index in [4.69, 9.17) is 25.5 Å². The van der Waals surface area contributed by atoms with Gasteiger partial charge in [-0.2, -0.15) is 0 Å². The summed E-state index contributed by atoms with van der Waals surface area (Å²) in [6.07, 6.45) is -2.59. The van der Waals surface area contributed by atoms with Gasteiger partial charge in [-0.25, -0.2) is 4.98 Å². The molecule has 2 aromatic rings. The Bertz CT molecular complexity index is 436. The fourth-order valence-corrected chi connectivity index (χ4v) is 1.35. The maximum absolute atomic E-state index is 8.77. The van der Waals surface area contributed by atoms with Crippen molar-refractivity contribution in [3.05, 3.63) is 30.6 Å². The molecule has 0 saturated heterocycles. The van der Waals surface area contributed by atoms with E-state index in [-0.39, 0.29) is 0 Å². The quantitative estimate of drug-likeness (QED) is 0.406. The highest BCUT2D eigenvalue weighted by molar-refractivity contribution is 5.73. The van der Waals surface area contributed by atoms with Gasteiger partial charge in [0.2, 0.25) is 0 Å². The molecule has 1 aromatic carbocycles. The topological polar surface area (TPSA) is 130 Å². The summed E-state index contributed by atoms with van der Waals surface area (Å²) < 4.78 is 0. The third-order valence-electron chi connectivity index (χ3n) is 2.49. The lowest BCUT2D eigenvalue weighted by molar-refractivity contribution is -0.0900. The van der Waals surface area contributed by atoms with Crippen molar-refractivity contribution in [1.82, 2.24) is 9.97 Å². The summed E-state index contributed by atoms with van der Waals surface area (Å²) in [7, 11) is 0. The Morgan fingerprint density at radius 1 is 1.00 bits per heavy atom. The van der Waals surface area contributed by atoms with Gasteiger partial charge in [0.25, 0.3) is 0 Å². The van der Waals surface area contributed by atoms with Gasteiger partial charge in [0.1, 0.15) is 18.3 Å². The van der Waals surface area contributed by atoms with Crippen LogP contribution in [0.25, 0.3) is 11.0 Å². The maximum Gasteiger partial charge on any atom is 0.110 e. The van der Waals surface area contributed by atoms with E-state index in [9.17, 15) is 0 Å². The first-order chi connectivity index (χ1) is 9.10. The van der Waals surface area contributed by atoms with Gasteiger partial charge in [-0.3, -0.25) is 0 Å². The molecular weight excluding hydrogens is 252 g/mol. The van der Waals surface area contributed by atoms with Crippen LogP contribution in [0, 0.1) is 0 Å². The second kappa shape index (κ2) is 7.82. The van der Waals surface area contributed by atoms with Crippen LogP contribution in [-0.2, 0) is 0 Å². The molecule has 0 radical (unpaired) electrons. The highest BCUT2D eigenvalue weighted by Gasteiger charge is 2.22. The van der Waals surface area contributed by atoms with Crippen LogP contribution >= 0.6 is 0 Å². The van der Waals surface area contributed by atoms with Gasteiger partial charge in [-0.15, -0.1) is 0 Å². The first kappa shape index (κ1) is 15.5. The molecule has 6 N–H and O–H groups in total. The molecule has 2 rings (SSSR count). The van der Waals surface area contributed by atoms with Crippen LogP contribution in [0.15, 0.2) is 30.6 Å². The van der Waals surface area contributed by atoms with E-state index in [2.05, 4.69) is 9.97 Å². The van der Waals surface area contributed by atoms with Gasteiger partial charge in [0.05, 0.1) is 30.6 Å². The Balaban J connectivity index is 0.000000190. The molecule has 0 amide bonds. The third-order valence-corrected chi connectivity index (χ3v) is 2.49. The minimum absolute atomic E-state index is 0.641. The number of fused-ring (bicyclic) bond motifs is 1. The summed E-state index contributed by atoms with van der Waals surface area (Å²) in [5, 5.41) is 42.6. The second-order valence-electron chi connectivity index (χ2n) is 3.91. The Hall–Kier alpha value is -1.51. The Labute approximate surface area is 109 Å². The lowest BCUT2D eigenvalue weighted by Gasteiger charge is -2.19. The number of imidazole rings is 1. The number of para-hydroxylation sites is 2. The van der Waals surface area contributed by atoms with Crippen LogP contribution in [0.5, 0.6) is 0 Å². The normalized spacial score (nSPS) is 15.4. The molecule has 0 aliphatic heterocycles. The van der Waals surface area contributed by atoms with Gasteiger partial charge >= 0.3 is 0 Å². The van der Waals surface area contributed by atoms with Crippen molar-refractivity contribution in [2.24, 2.45) is 0 Å². The highest BCUT2D eigenvalue weighted by atomic mass is 16.4. The number of hydrogen-bond acceptors (Lipinski definition) is 6. The molecule has 106 valence electrons. The van der Waals surface area contributed by atoms with E-state index in [1.165, 1.54) is 0 Å². The van der Waals surface area contributed by atoms with E-state index in [1.807, 2.05) is 24.3 Å². The number of benzene rings is 1. The molecule has 7 heteroatoms. The molecule has 1 heterocycles. The Morgan fingerprint density at radius 3 is 2.11 bits per heavy atom. The largest absolute Gasteiger partial charge is 0.394 e. The highest BCUT2D eigenvalue weighted by Crippen LogP contribution is 2.05. The maximum atomic E-state index is 8.77. The summed E-state index contributed by atoms with van der Waals surface area (Å²) in [5.74, 6) is 0. The molecule has 0 fully saturated rings. The fourth-order valence-electron chi connectivity index (χ4n) is 1.35. The van der Waals surface area contributed by atoms with Gasteiger partial charge in [0, 0.05) is 0 Å². The van der Waals surface area contributed by atoms with Gasteiger partial charge < -0.3 is 30.5 Å². The molecule has 2 atom stereocenters. The molecule has 19 heavy (non-hydrogen) atoms. The standard InChI is InChI=1S/C7H6N2.C5H12O5/c1-2-4-7-6(3-1)8-5-9-7;6-1-3(8)5(10)4(9)2-7/h1-5H,(H,8,9);3-10H,1-2H2. The summed E-state index contributed by atoms with van der Waals surface area (Å²) >= 11 is 0. The van der Waals surface area contributed by atoms with Crippen LogP contribution in [0.2, 0.25) is 0 Å². The third kappa shape index (κ3) is 4.58. The zero-order chi connectivity index (χ0) is 14.3. The number of aliphatic hydroxyl groups is 5. The Morgan fingerprint density at radius 2 is 1.58 bits per heavy atom. The predicted molar refractivity (Wildman–Crippen MR) is 68.3 cm³/mol. The van der Waals surface area contributed by atoms with Crippen molar-refractivity contribution in [2.45, 2.75) is 18.3 Å². The van der Waals surface area contributed by atoms with E-state index in [1.54, 1.807) is 6.33 Å². The lowest BCUT2D eigenvalue weighted by atomic mass is 10.1. The minimum Gasteiger partial charge on any atom is -0.394 e. The van der Waals surface area contributed by atoms with Gasteiger partial charge in [-0.05, 0) is 12.1 Å². The van der Waals surface area contributed by atoms with Crippen LogP contribution in [-0.4, -0.2) is 67.0 Å². The van der Waals surface area contributed by atoms with Crippen LogP contribution in [0.4, 0.5) is 0 Å². The van der Waals surface area contributed by atoms with E-state index in [0.717, 1.165) is 11.0 Å². The number of H-pyrrole nitrogens is 1. The van der Waals surface area contributed by atoms with Gasteiger partial charge in [0.15, 0.2) is 0 Å². The number of nitrogens with zero attached hydrogens (tertiary/aromatic N) is 1. The molecule has 0 saturated carbocycles. The van der Waals surface area contributed by atoms with Crippen molar-refractivity contribution < 1.29 is 25.5 Å². The number of hydrogen-bond donors (Lipinski definition) is 6. The van der Waals surface area contributed by atoms with Crippen molar-refractivity contribution in [3.63, 3.8) is 0 Å². The van der Waals surface area contributed by atoms with Crippen LogP contribution in [0.3, 0.4) is 0 Å². The van der Waals surface area contributed by atoms with Crippen molar-refractivity contribution in [3.8, 4) is 0 Å². The predicted octanol–water partition coefficient (Wildman–Crippen LogP) is -1.38. The fraction of sp³-hybridized carbons (Fsp3) is 0.417. The number of rotatable bonds is 4. The van der Waals surface area contributed by atoms with Crippen molar-refractivity contribution in [1.29, 1.82) is 0 Å². The average molecular weight is 270 g/mol. The summed E-state index contributed by atoms with van der Waals surface area (Å²) in [6, 6.07) is 7.94. The molecular formula is C12H18N2O5. The number of aromatic amines is 1. The van der Waals surface area contributed by atoms with E-state index >= 15 is 0 Å². The second-order valence-corrected chi connectivity index (χ2v) is 3.91. The molecule has 1 aromatic heterocycles. The molecule has 0 bridgehead atoms. The SMILES string of the molecule is OCC(O)C(O)C(O)CO.c1ccc2[nH]cnc2c1. The zero-order valence-corrected chi connectivity index (χ0v) is 10.2. The molecule has 0 spiro atoms. The van der Waals surface area contributed by atoms with Crippen molar-refractivity contribution >= 4 is 11.0 Å². The first-order valence-corrected chi connectivity index (χ1v) is 5.74. The molecule has 2 unspecified atom stereocenters. The first-order valence-electron chi connectivity index (χ1n) is 5.74. The molecule has 7 nitrogen and oxygen atoms in total. The number of aromatic nitrogens is 2. The van der Waals surface area contributed by atoms with Gasteiger partial charge in [-0.1, -0.05) is 12.1 Å². The minimum atomic E-state index is -1.49. The average Bonchev–Trinajstić information content (AvgIpc) is 2.93. The van der Waals surface area contributed by atoms with Crippen LogP contribution < -0.4 is 0 Å².